The summed E-state index contributed by atoms with van der Waals surface area (Å²) in [5, 5.41) is 5.17. The second-order valence-electron chi connectivity index (χ2n) is 18.1. The van der Waals surface area contributed by atoms with E-state index in [0.29, 0.717) is 54.5 Å². The van der Waals surface area contributed by atoms with Crippen molar-refractivity contribution in [3.63, 3.8) is 0 Å². The minimum absolute atomic E-state index is 0.0889. The fourth-order valence-corrected chi connectivity index (χ4v) is 10.3. The number of amides is 5. The van der Waals surface area contributed by atoms with Crippen molar-refractivity contribution in [1.29, 1.82) is 0 Å². The van der Waals surface area contributed by atoms with Crippen LogP contribution < -0.4 is 25.3 Å². The molecule has 6 aliphatic rings. The quantitative estimate of drug-likeness (QED) is 0.191. The molecule has 17 heteroatoms. The van der Waals surface area contributed by atoms with Crippen LogP contribution in [-0.4, -0.2) is 109 Å². The highest BCUT2D eigenvalue weighted by Crippen LogP contribution is 2.44. The number of piperidine rings is 4. The second kappa shape index (κ2) is 16.9. The lowest BCUT2D eigenvalue weighted by Crippen LogP contribution is -2.60. The molecule has 63 heavy (non-hydrogen) atoms. The summed E-state index contributed by atoms with van der Waals surface area (Å²) in [5.41, 5.74) is 1.82. The lowest BCUT2D eigenvalue weighted by Gasteiger charge is -2.55. The number of carbonyl (C=O) groups is 5. The Kier molecular flexibility index (Phi) is 11.4. The Balaban J connectivity index is 0.675. The number of rotatable bonds is 9. The average Bonchev–Trinajstić information content (AvgIpc) is 3.52. The maximum atomic E-state index is 13.5. The summed E-state index contributed by atoms with van der Waals surface area (Å²) in [7, 11) is 0. The van der Waals surface area contributed by atoms with Crippen LogP contribution in [0.2, 0.25) is 0 Å². The number of pyridine rings is 1. The van der Waals surface area contributed by atoms with E-state index in [2.05, 4.69) is 35.2 Å². The predicted octanol–water partition coefficient (Wildman–Crippen LogP) is 6.12. The number of alkyl halides is 3. The van der Waals surface area contributed by atoms with E-state index in [-0.39, 0.29) is 30.1 Å². The van der Waals surface area contributed by atoms with E-state index in [4.69, 9.17) is 6.57 Å². The maximum Gasteiger partial charge on any atom is 0.407 e. The number of halogens is 3. The third-order valence-electron chi connectivity index (χ3n) is 14.2. The Morgan fingerprint density at radius 2 is 1.46 bits per heavy atom. The van der Waals surface area contributed by atoms with Crippen molar-refractivity contribution in [3.8, 4) is 0 Å². The molecule has 1 spiro atoms. The summed E-state index contributed by atoms with van der Waals surface area (Å²) in [5.74, 6) is -1.28. The highest BCUT2D eigenvalue weighted by atomic mass is 19.4. The Bertz CT molecular complexity index is 2340. The molecule has 0 saturated carbocycles. The first-order valence-electron chi connectivity index (χ1n) is 22.0. The minimum atomic E-state index is -4.61. The van der Waals surface area contributed by atoms with Crippen LogP contribution in [0.15, 0.2) is 54.7 Å². The number of anilines is 4. The number of nitrogens with zero attached hydrogens (tertiary/aromatic N) is 7. The summed E-state index contributed by atoms with van der Waals surface area (Å²) >= 11 is 0. The molecule has 0 aliphatic carbocycles. The van der Waals surface area contributed by atoms with Gasteiger partial charge in [0, 0.05) is 68.4 Å². The standard InChI is InChI=1S/C46H50F3N9O5/c1-50-37-6-3-32(25-36(37)46(47,48)49)55-20-13-30(14-21-55)41(60)52-39-8-4-33(26-51-39)56-18-11-29(12-19-56)10-17-54-22-15-45(16-23-54)27-57(28-45)31-2-5-34-35(24-31)44(63)58(43(34)62)38-7-9-40(59)53-42(38)61/h2-6,8,24-26,29-30,38H,7,9-23,27-28H2,(H,51,52,60)(H,53,59,61). The number of carbonyl (C=O) groups excluding carboxylic acids is 5. The first-order valence-corrected chi connectivity index (χ1v) is 22.0. The van der Waals surface area contributed by atoms with Crippen molar-refractivity contribution in [2.75, 3.05) is 78.9 Å². The Labute approximate surface area is 363 Å². The van der Waals surface area contributed by atoms with Gasteiger partial charge >= 0.3 is 6.18 Å². The molecular weight excluding hydrogens is 816 g/mol. The van der Waals surface area contributed by atoms with Gasteiger partial charge in [-0.3, -0.25) is 34.2 Å². The molecule has 5 amide bonds. The Morgan fingerprint density at radius 1 is 0.810 bits per heavy atom. The van der Waals surface area contributed by atoms with Gasteiger partial charge in [-0.1, -0.05) is 6.07 Å². The molecule has 9 rings (SSSR count). The van der Waals surface area contributed by atoms with Gasteiger partial charge in [-0.25, -0.2) is 9.83 Å². The van der Waals surface area contributed by atoms with Gasteiger partial charge in [0.1, 0.15) is 11.9 Å². The first kappa shape index (κ1) is 42.3. The van der Waals surface area contributed by atoms with E-state index < -0.39 is 47.1 Å². The average molecular weight is 866 g/mol. The van der Waals surface area contributed by atoms with Crippen molar-refractivity contribution < 1.29 is 37.1 Å². The number of nitrogens with one attached hydrogen (secondary N) is 2. The first-order chi connectivity index (χ1) is 30.3. The van der Waals surface area contributed by atoms with Gasteiger partial charge in [0.15, 0.2) is 5.69 Å². The smallest absolute Gasteiger partial charge is 0.372 e. The molecule has 14 nitrogen and oxygen atoms in total. The molecule has 0 radical (unpaired) electrons. The van der Waals surface area contributed by atoms with Gasteiger partial charge in [0.05, 0.1) is 35.1 Å². The molecule has 330 valence electrons. The molecule has 1 unspecified atom stereocenters. The van der Waals surface area contributed by atoms with Gasteiger partial charge in [-0.05, 0) is 119 Å². The number of benzene rings is 2. The van der Waals surface area contributed by atoms with Crippen molar-refractivity contribution in [2.24, 2.45) is 17.3 Å². The Hall–Kier alpha value is -6.02. The lowest BCUT2D eigenvalue weighted by atomic mass is 9.71. The fourth-order valence-electron chi connectivity index (χ4n) is 10.3. The summed E-state index contributed by atoms with van der Waals surface area (Å²) in [6.07, 6.45) is 4.00. The number of likely N-dealkylation sites (tertiary alicyclic amines) is 1. The van der Waals surface area contributed by atoms with E-state index in [1.165, 1.54) is 12.1 Å². The minimum Gasteiger partial charge on any atom is -0.372 e. The molecule has 5 fully saturated rings. The van der Waals surface area contributed by atoms with Crippen molar-refractivity contribution in [1.82, 2.24) is 20.1 Å². The summed E-state index contributed by atoms with van der Waals surface area (Å²) in [4.78, 5) is 81.2. The zero-order chi connectivity index (χ0) is 44.0. The predicted molar refractivity (Wildman–Crippen MR) is 228 cm³/mol. The zero-order valence-corrected chi connectivity index (χ0v) is 35.0. The molecule has 1 aromatic heterocycles. The van der Waals surface area contributed by atoms with Gasteiger partial charge in [0.2, 0.25) is 17.7 Å². The summed E-state index contributed by atoms with van der Waals surface area (Å²) in [6.45, 7) is 14.8. The number of hydrogen-bond acceptors (Lipinski definition) is 10. The fraction of sp³-hybridized carbons (Fsp3) is 0.500. The van der Waals surface area contributed by atoms with Gasteiger partial charge in [0.25, 0.3) is 11.8 Å². The Morgan fingerprint density at radius 3 is 2.13 bits per heavy atom. The third kappa shape index (κ3) is 8.57. The van der Waals surface area contributed by atoms with E-state index in [1.54, 1.807) is 18.3 Å². The van der Waals surface area contributed by atoms with E-state index in [1.807, 2.05) is 23.1 Å². The molecule has 6 aliphatic heterocycles. The van der Waals surface area contributed by atoms with Crippen LogP contribution in [0, 0.1) is 23.8 Å². The molecule has 2 N–H and O–H groups in total. The van der Waals surface area contributed by atoms with Crippen LogP contribution in [0.3, 0.4) is 0 Å². The van der Waals surface area contributed by atoms with E-state index in [9.17, 15) is 37.1 Å². The number of aromatic nitrogens is 1. The number of hydrogen-bond donors (Lipinski definition) is 2. The molecule has 1 atom stereocenters. The molecule has 0 bridgehead atoms. The largest absolute Gasteiger partial charge is 0.407 e. The highest BCUT2D eigenvalue weighted by molar-refractivity contribution is 6.23. The van der Waals surface area contributed by atoms with Crippen LogP contribution in [0.1, 0.15) is 84.1 Å². The molecule has 5 saturated heterocycles. The number of imide groups is 2. The second-order valence-corrected chi connectivity index (χ2v) is 18.1. The van der Waals surface area contributed by atoms with Crippen LogP contribution in [0.25, 0.3) is 4.85 Å². The number of fused-ring (bicyclic) bond motifs is 1. The lowest BCUT2D eigenvalue weighted by molar-refractivity contribution is -0.137. The third-order valence-corrected chi connectivity index (χ3v) is 14.2. The zero-order valence-electron chi connectivity index (χ0n) is 35.0. The van der Waals surface area contributed by atoms with Gasteiger partial charge in [-0.15, -0.1) is 0 Å². The van der Waals surface area contributed by atoms with Crippen LogP contribution in [0.5, 0.6) is 0 Å². The SMILES string of the molecule is [C-]#[N+]c1ccc(N2CCC(C(=O)Nc3ccc(N4CCC(CCN5CCC6(CC5)CN(c5ccc7c(c5)C(=O)N(C5CCC(=O)NC5=O)C7=O)C6)CC4)cn3)CC2)cc1C(F)(F)F. The van der Waals surface area contributed by atoms with Crippen molar-refractivity contribution in [3.05, 3.63) is 82.8 Å². The van der Waals surface area contributed by atoms with Crippen LogP contribution in [0.4, 0.5) is 41.7 Å². The normalized spacial score (nSPS) is 22.2. The summed E-state index contributed by atoms with van der Waals surface area (Å²) in [6, 6.07) is 12.0. The molecular formula is C46H50F3N9O5. The van der Waals surface area contributed by atoms with Gasteiger partial charge in [-0.2, -0.15) is 13.2 Å². The van der Waals surface area contributed by atoms with E-state index >= 15 is 0 Å². The maximum absolute atomic E-state index is 13.5. The molecule has 7 heterocycles. The van der Waals surface area contributed by atoms with E-state index in [0.717, 1.165) is 100 Å². The summed E-state index contributed by atoms with van der Waals surface area (Å²) < 4.78 is 40.5. The van der Waals surface area contributed by atoms with Crippen LogP contribution >= 0.6 is 0 Å². The highest BCUT2D eigenvalue weighted by Gasteiger charge is 2.47. The van der Waals surface area contributed by atoms with Crippen molar-refractivity contribution in [2.45, 2.75) is 70.0 Å². The monoisotopic (exact) mass is 865 g/mol. The topological polar surface area (TPSA) is 143 Å². The molecule has 2 aromatic carbocycles. The van der Waals surface area contributed by atoms with Crippen molar-refractivity contribution >= 4 is 58.1 Å². The van der Waals surface area contributed by atoms with Crippen LogP contribution in [-0.2, 0) is 20.6 Å². The molecule has 3 aromatic rings. The van der Waals surface area contributed by atoms with Gasteiger partial charge < -0.3 is 24.9 Å².